The van der Waals surface area contributed by atoms with Crippen molar-refractivity contribution in [2.75, 3.05) is 0 Å². The van der Waals surface area contributed by atoms with Crippen LogP contribution in [0.3, 0.4) is 0 Å². The fraction of sp³-hybridized carbons (Fsp3) is 0.273. The monoisotopic (exact) mass is 146 g/mol. The summed E-state index contributed by atoms with van der Waals surface area (Å²) in [7, 11) is 0. The van der Waals surface area contributed by atoms with Gasteiger partial charge in [-0.25, -0.2) is 0 Å². The smallest absolute Gasteiger partial charge is 0.0239 e. The van der Waals surface area contributed by atoms with Gasteiger partial charge in [-0.3, -0.25) is 0 Å². The molecule has 0 heterocycles. The van der Waals surface area contributed by atoms with Crippen LogP contribution in [0, 0.1) is 17.8 Å². The third kappa shape index (κ3) is 5.24. The van der Waals surface area contributed by atoms with E-state index in [1.165, 1.54) is 0 Å². The first-order valence-electron chi connectivity index (χ1n) is 3.67. The normalized spacial score (nSPS) is 10.3. The summed E-state index contributed by atoms with van der Waals surface area (Å²) in [5.41, 5.74) is 0.925. The topological polar surface area (TPSA) is 0 Å². The zero-order valence-corrected chi connectivity index (χ0v) is 7.22. The van der Waals surface area contributed by atoms with Crippen molar-refractivity contribution in [3.8, 4) is 11.8 Å². The van der Waals surface area contributed by atoms with E-state index in [-0.39, 0.29) is 0 Å². The van der Waals surface area contributed by atoms with Gasteiger partial charge in [0.2, 0.25) is 0 Å². The Hall–Kier alpha value is -1.22. The first-order chi connectivity index (χ1) is 5.20. The lowest BCUT2D eigenvalue weighted by Gasteiger charge is -1.88. The second-order valence-corrected chi connectivity index (χ2v) is 2.49. The molecule has 0 nitrogen and oxygen atoms in total. The molecule has 0 radical (unpaired) electrons. The minimum absolute atomic E-state index is 0.406. The fourth-order valence-corrected chi connectivity index (χ4v) is 0.515. The molecule has 0 aliphatic heterocycles. The van der Waals surface area contributed by atoms with E-state index in [0.717, 1.165) is 5.57 Å². The summed E-state index contributed by atoms with van der Waals surface area (Å²) in [5, 5.41) is 0. The Morgan fingerprint density at radius 1 is 1.36 bits per heavy atom. The maximum absolute atomic E-state index is 3.64. The molecule has 0 amide bonds. The third-order valence-electron chi connectivity index (χ3n) is 1.02. The second-order valence-electron chi connectivity index (χ2n) is 2.49. The fourth-order valence-electron chi connectivity index (χ4n) is 0.515. The molecule has 0 rings (SSSR count). The predicted octanol–water partition coefficient (Wildman–Crippen LogP) is 2.94. The van der Waals surface area contributed by atoms with Crippen LogP contribution in [-0.2, 0) is 0 Å². The van der Waals surface area contributed by atoms with Crippen LogP contribution in [0.25, 0.3) is 0 Å². The van der Waals surface area contributed by atoms with E-state index in [9.17, 15) is 0 Å². The van der Waals surface area contributed by atoms with Crippen molar-refractivity contribution < 1.29 is 0 Å². The minimum atomic E-state index is 0.406. The van der Waals surface area contributed by atoms with E-state index in [0.29, 0.717) is 5.92 Å². The highest BCUT2D eigenvalue weighted by Crippen LogP contribution is 1.95. The first-order valence-corrected chi connectivity index (χ1v) is 3.67. The van der Waals surface area contributed by atoms with Gasteiger partial charge >= 0.3 is 0 Å². The van der Waals surface area contributed by atoms with Crippen molar-refractivity contribution in [3.05, 3.63) is 37.0 Å². The SMILES string of the molecule is C=C/C=C(/C#CC(C)C)C=C. The minimum Gasteiger partial charge on any atom is -0.0990 e. The number of allylic oxidation sites excluding steroid dienone is 4. The summed E-state index contributed by atoms with van der Waals surface area (Å²) in [6.07, 6.45) is 5.30. The standard InChI is InChI=1S/C11H14/c1-5-7-11(6-2)9-8-10(3)4/h5-7,10H,1-2H2,3-4H3/b11-7+. The van der Waals surface area contributed by atoms with Crippen molar-refractivity contribution in [1.29, 1.82) is 0 Å². The Labute approximate surface area is 69.3 Å². The molecule has 0 saturated heterocycles. The van der Waals surface area contributed by atoms with E-state index in [1.807, 2.05) is 6.08 Å². The van der Waals surface area contributed by atoms with Gasteiger partial charge in [0.05, 0.1) is 0 Å². The highest BCUT2D eigenvalue weighted by atomic mass is 13.9. The van der Waals surface area contributed by atoms with Gasteiger partial charge in [-0.1, -0.05) is 51.0 Å². The highest BCUT2D eigenvalue weighted by Gasteiger charge is 1.83. The van der Waals surface area contributed by atoms with Crippen molar-refractivity contribution in [3.63, 3.8) is 0 Å². The van der Waals surface area contributed by atoms with E-state index in [1.54, 1.807) is 12.2 Å². The van der Waals surface area contributed by atoms with Gasteiger partial charge in [-0.2, -0.15) is 0 Å². The Morgan fingerprint density at radius 2 is 2.00 bits per heavy atom. The predicted molar refractivity (Wildman–Crippen MR) is 51.1 cm³/mol. The Morgan fingerprint density at radius 3 is 2.36 bits per heavy atom. The summed E-state index contributed by atoms with van der Waals surface area (Å²) in [6.45, 7) is 11.3. The lowest BCUT2D eigenvalue weighted by atomic mass is 10.2. The molecule has 0 aromatic rings. The zero-order valence-electron chi connectivity index (χ0n) is 7.22. The van der Waals surface area contributed by atoms with E-state index < -0.39 is 0 Å². The molecule has 0 aromatic carbocycles. The molecular weight excluding hydrogens is 132 g/mol. The van der Waals surface area contributed by atoms with E-state index >= 15 is 0 Å². The molecule has 0 saturated carbocycles. The quantitative estimate of drug-likeness (QED) is 0.415. The van der Waals surface area contributed by atoms with Gasteiger partial charge in [-0.15, -0.1) is 0 Å². The summed E-state index contributed by atoms with van der Waals surface area (Å²) in [6, 6.07) is 0. The molecule has 0 spiro atoms. The Kier molecular flexibility index (Phi) is 4.94. The molecule has 0 fully saturated rings. The zero-order chi connectivity index (χ0) is 8.69. The Balaban J connectivity index is 4.34. The van der Waals surface area contributed by atoms with Crippen LogP contribution in [0.15, 0.2) is 37.0 Å². The summed E-state index contributed by atoms with van der Waals surface area (Å²) in [5.74, 6) is 6.44. The maximum Gasteiger partial charge on any atom is 0.0239 e. The summed E-state index contributed by atoms with van der Waals surface area (Å²) >= 11 is 0. The van der Waals surface area contributed by atoms with Crippen LogP contribution in [0.5, 0.6) is 0 Å². The Bertz CT molecular complexity index is 218. The molecule has 0 aliphatic rings. The third-order valence-corrected chi connectivity index (χ3v) is 1.02. The lowest BCUT2D eigenvalue weighted by molar-refractivity contribution is 0.866. The van der Waals surface area contributed by atoms with Gasteiger partial charge in [0.15, 0.2) is 0 Å². The number of hydrogen-bond acceptors (Lipinski definition) is 0. The maximum atomic E-state index is 3.64. The van der Waals surface area contributed by atoms with Gasteiger partial charge in [-0.05, 0) is 6.08 Å². The van der Waals surface area contributed by atoms with Crippen LogP contribution < -0.4 is 0 Å². The first kappa shape index (κ1) is 9.78. The van der Waals surface area contributed by atoms with E-state index in [4.69, 9.17) is 0 Å². The van der Waals surface area contributed by atoms with Gasteiger partial charge in [0.1, 0.15) is 0 Å². The average molecular weight is 146 g/mol. The van der Waals surface area contributed by atoms with Gasteiger partial charge in [0, 0.05) is 11.5 Å². The molecule has 0 aliphatic carbocycles. The molecule has 0 aromatic heterocycles. The van der Waals surface area contributed by atoms with Crippen molar-refractivity contribution in [1.82, 2.24) is 0 Å². The van der Waals surface area contributed by atoms with Crippen molar-refractivity contribution in [2.24, 2.45) is 5.92 Å². The molecule has 0 N–H and O–H groups in total. The molecule has 11 heavy (non-hydrogen) atoms. The molecule has 0 heteroatoms. The summed E-state index contributed by atoms with van der Waals surface area (Å²) in [4.78, 5) is 0. The van der Waals surface area contributed by atoms with E-state index in [2.05, 4.69) is 38.8 Å². The average Bonchev–Trinajstić information content (AvgIpc) is 1.97. The summed E-state index contributed by atoms with van der Waals surface area (Å²) < 4.78 is 0. The second kappa shape index (κ2) is 5.56. The number of hydrogen-bond donors (Lipinski definition) is 0. The molecule has 58 valence electrons. The van der Waals surface area contributed by atoms with Gasteiger partial charge in [0.25, 0.3) is 0 Å². The largest absolute Gasteiger partial charge is 0.0990 e. The molecule has 0 atom stereocenters. The lowest BCUT2D eigenvalue weighted by Crippen LogP contribution is -1.78. The van der Waals surface area contributed by atoms with Crippen molar-refractivity contribution >= 4 is 0 Å². The molecule has 0 unspecified atom stereocenters. The van der Waals surface area contributed by atoms with Crippen LogP contribution in [0.1, 0.15) is 13.8 Å². The molecule has 0 bridgehead atoms. The van der Waals surface area contributed by atoms with Crippen molar-refractivity contribution in [2.45, 2.75) is 13.8 Å². The number of rotatable bonds is 2. The highest BCUT2D eigenvalue weighted by molar-refractivity contribution is 5.39. The van der Waals surface area contributed by atoms with Crippen LogP contribution in [0.2, 0.25) is 0 Å². The van der Waals surface area contributed by atoms with Crippen LogP contribution in [0.4, 0.5) is 0 Å². The van der Waals surface area contributed by atoms with Gasteiger partial charge < -0.3 is 0 Å². The van der Waals surface area contributed by atoms with Crippen LogP contribution in [-0.4, -0.2) is 0 Å². The van der Waals surface area contributed by atoms with Crippen LogP contribution >= 0.6 is 0 Å². The molecular formula is C11H14.